The molecule has 2 heterocycles. The van der Waals surface area contributed by atoms with Gasteiger partial charge in [0.25, 0.3) is 0 Å². The van der Waals surface area contributed by atoms with Crippen molar-refractivity contribution in [3.05, 3.63) is 24.5 Å². The quantitative estimate of drug-likeness (QED) is 0.811. The van der Waals surface area contributed by atoms with Crippen LogP contribution in [-0.2, 0) is 4.79 Å². The second kappa shape index (κ2) is 5.61. The molecule has 1 amide bonds. The summed E-state index contributed by atoms with van der Waals surface area (Å²) in [7, 11) is 0. The van der Waals surface area contributed by atoms with E-state index in [9.17, 15) is 15.0 Å². The molecule has 6 heteroatoms. The molecule has 6 nitrogen and oxygen atoms in total. The normalized spacial score (nSPS) is 24.6. The zero-order valence-electron chi connectivity index (χ0n) is 12.0. The van der Waals surface area contributed by atoms with E-state index in [0.717, 1.165) is 18.5 Å². The molecule has 0 aromatic carbocycles. The van der Waals surface area contributed by atoms with Gasteiger partial charge in [0.1, 0.15) is 0 Å². The molecule has 3 rings (SSSR count). The van der Waals surface area contributed by atoms with Gasteiger partial charge in [0.05, 0.1) is 18.1 Å². The summed E-state index contributed by atoms with van der Waals surface area (Å²) >= 11 is 0. The van der Waals surface area contributed by atoms with E-state index >= 15 is 0 Å². The third-order valence-electron chi connectivity index (χ3n) is 4.43. The second-order valence-corrected chi connectivity index (χ2v) is 5.99. The number of amides is 1. The molecule has 2 fully saturated rings. The van der Waals surface area contributed by atoms with E-state index in [2.05, 4.69) is 9.88 Å². The Labute approximate surface area is 124 Å². The number of hydrogen-bond donors (Lipinski definition) is 2. The Morgan fingerprint density at radius 3 is 2.62 bits per heavy atom. The van der Waals surface area contributed by atoms with Gasteiger partial charge in [-0.05, 0) is 25.0 Å². The number of β-amino-alcohol motifs (C(OH)–C–C–N with tert-alkyl or cyclic N) is 1. The van der Waals surface area contributed by atoms with Crippen LogP contribution in [0.3, 0.4) is 0 Å². The van der Waals surface area contributed by atoms with Gasteiger partial charge in [-0.25, -0.2) is 0 Å². The number of pyridine rings is 1. The summed E-state index contributed by atoms with van der Waals surface area (Å²) in [5.41, 5.74) is 0.438. The minimum atomic E-state index is -0.584. The summed E-state index contributed by atoms with van der Waals surface area (Å²) in [5.74, 6) is -0.0133. The summed E-state index contributed by atoms with van der Waals surface area (Å²) in [6.07, 6.45) is 4.37. The van der Waals surface area contributed by atoms with Crippen LogP contribution in [0.4, 0.5) is 5.69 Å². The molecule has 0 spiro atoms. The Hall–Kier alpha value is -1.66. The summed E-state index contributed by atoms with van der Waals surface area (Å²) in [5, 5.41) is 19.6. The molecule has 1 atom stereocenters. The van der Waals surface area contributed by atoms with Crippen molar-refractivity contribution in [1.29, 1.82) is 0 Å². The molecule has 1 saturated heterocycles. The third-order valence-corrected chi connectivity index (χ3v) is 4.43. The molecule has 0 bridgehead atoms. The molecular formula is C15H21N3O3. The lowest BCUT2D eigenvalue weighted by atomic mass is 10.1. The van der Waals surface area contributed by atoms with Crippen LogP contribution < -0.4 is 4.90 Å². The molecule has 1 aromatic heterocycles. The average Bonchev–Trinajstić information content (AvgIpc) is 3.32. The van der Waals surface area contributed by atoms with E-state index in [1.54, 1.807) is 17.3 Å². The minimum absolute atomic E-state index is 0.0133. The lowest BCUT2D eigenvalue weighted by molar-refractivity contribution is -0.139. The monoisotopic (exact) mass is 291 g/mol. The number of nitrogens with zero attached hydrogens (tertiary/aromatic N) is 3. The highest BCUT2D eigenvalue weighted by Crippen LogP contribution is 2.46. The SMILES string of the molecule is O=C(N1CCN(c2ccncc2)CC(O)C1)C1(CO)CC1. The lowest BCUT2D eigenvalue weighted by Crippen LogP contribution is -2.43. The zero-order chi connectivity index (χ0) is 14.9. The van der Waals surface area contributed by atoms with Crippen molar-refractivity contribution in [3.63, 3.8) is 0 Å². The van der Waals surface area contributed by atoms with E-state index in [-0.39, 0.29) is 12.5 Å². The van der Waals surface area contributed by atoms with Crippen molar-refractivity contribution >= 4 is 11.6 Å². The first kappa shape index (κ1) is 14.3. The first-order chi connectivity index (χ1) is 10.1. The Bertz CT molecular complexity index is 504. The van der Waals surface area contributed by atoms with E-state index < -0.39 is 11.5 Å². The van der Waals surface area contributed by atoms with Crippen LogP contribution in [0.2, 0.25) is 0 Å². The first-order valence-electron chi connectivity index (χ1n) is 7.38. The molecular weight excluding hydrogens is 270 g/mol. The predicted molar refractivity (Wildman–Crippen MR) is 77.8 cm³/mol. The number of rotatable bonds is 3. The number of aliphatic hydroxyl groups is 2. The summed E-state index contributed by atoms with van der Waals surface area (Å²) in [6.45, 7) is 1.99. The van der Waals surface area contributed by atoms with Crippen molar-refractivity contribution in [3.8, 4) is 0 Å². The van der Waals surface area contributed by atoms with Crippen LogP contribution in [0.15, 0.2) is 24.5 Å². The summed E-state index contributed by atoms with van der Waals surface area (Å²) in [4.78, 5) is 20.2. The van der Waals surface area contributed by atoms with Gasteiger partial charge in [-0.1, -0.05) is 0 Å². The van der Waals surface area contributed by atoms with Crippen LogP contribution in [-0.4, -0.2) is 64.9 Å². The molecule has 1 unspecified atom stereocenters. The standard InChI is InChI=1S/C15H21N3O3/c19-11-15(3-4-15)14(21)18-8-7-17(9-13(20)10-18)12-1-5-16-6-2-12/h1-2,5-6,13,19-20H,3-4,7-11H2. The van der Waals surface area contributed by atoms with Gasteiger partial charge in [-0.15, -0.1) is 0 Å². The molecule has 1 aromatic rings. The fourth-order valence-electron chi connectivity index (χ4n) is 2.89. The summed E-state index contributed by atoms with van der Waals surface area (Å²) < 4.78 is 0. The molecule has 2 aliphatic rings. The maximum absolute atomic E-state index is 12.5. The van der Waals surface area contributed by atoms with E-state index in [4.69, 9.17) is 0 Å². The van der Waals surface area contributed by atoms with Gasteiger partial charge in [-0.3, -0.25) is 9.78 Å². The summed E-state index contributed by atoms with van der Waals surface area (Å²) in [6, 6.07) is 3.81. The van der Waals surface area contributed by atoms with Crippen molar-refractivity contribution < 1.29 is 15.0 Å². The lowest BCUT2D eigenvalue weighted by Gasteiger charge is -2.26. The largest absolute Gasteiger partial charge is 0.395 e. The van der Waals surface area contributed by atoms with E-state index in [0.29, 0.717) is 26.2 Å². The smallest absolute Gasteiger partial charge is 0.231 e. The topological polar surface area (TPSA) is 76.9 Å². The molecule has 0 radical (unpaired) electrons. The number of hydrogen-bond acceptors (Lipinski definition) is 5. The molecule has 1 aliphatic heterocycles. The van der Waals surface area contributed by atoms with Crippen LogP contribution in [0.1, 0.15) is 12.8 Å². The maximum Gasteiger partial charge on any atom is 0.231 e. The average molecular weight is 291 g/mol. The van der Waals surface area contributed by atoms with Crippen molar-refractivity contribution in [2.45, 2.75) is 18.9 Å². The van der Waals surface area contributed by atoms with Crippen molar-refractivity contribution in [2.75, 3.05) is 37.7 Å². The number of aromatic nitrogens is 1. The fraction of sp³-hybridized carbons (Fsp3) is 0.600. The van der Waals surface area contributed by atoms with Crippen LogP contribution in [0.5, 0.6) is 0 Å². The van der Waals surface area contributed by atoms with E-state index in [1.165, 1.54) is 0 Å². The van der Waals surface area contributed by atoms with Crippen LogP contribution in [0.25, 0.3) is 0 Å². The highest BCUT2D eigenvalue weighted by atomic mass is 16.3. The molecule has 1 aliphatic carbocycles. The van der Waals surface area contributed by atoms with Crippen LogP contribution >= 0.6 is 0 Å². The molecule has 21 heavy (non-hydrogen) atoms. The minimum Gasteiger partial charge on any atom is -0.395 e. The Morgan fingerprint density at radius 1 is 1.29 bits per heavy atom. The first-order valence-corrected chi connectivity index (χ1v) is 7.38. The Balaban J connectivity index is 1.70. The highest BCUT2D eigenvalue weighted by Gasteiger charge is 2.51. The number of anilines is 1. The van der Waals surface area contributed by atoms with E-state index in [1.807, 2.05) is 12.1 Å². The third kappa shape index (κ3) is 2.87. The number of carbonyl (C=O) groups is 1. The van der Waals surface area contributed by atoms with Gasteiger partial charge in [0.15, 0.2) is 0 Å². The zero-order valence-corrected chi connectivity index (χ0v) is 12.0. The van der Waals surface area contributed by atoms with Gasteiger partial charge >= 0.3 is 0 Å². The van der Waals surface area contributed by atoms with Gasteiger partial charge < -0.3 is 20.0 Å². The van der Waals surface area contributed by atoms with Gasteiger partial charge in [0.2, 0.25) is 5.91 Å². The fourth-order valence-corrected chi connectivity index (χ4v) is 2.89. The molecule has 1 saturated carbocycles. The molecule has 2 N–H and O–H groups in total. The Kier molecular flexibility index (Phi) is 3.82. The van der Waals surface area contributed by atoms with Crippen LogP contribution in [0, 0.1) is 5.41 Å². The second-order valence-electron chi connectivity index (χ2n) is 5.99. The van der Waals surface area contributed by atoms with Crippen molar-refractivity contribution in [1.82, 2.24) is 9.88 Å². The maximum atomic E-state index is 12.5. The number of carbonyl (C=O) groups excluding carboxylic acids is 1. The Morgan fingerprint density at radius 2 is 2.00 bits per heavy atom. The highest BCUT2D eigenvalue weighted by molar-refractivity contribution is 5.85. The van der Waals surface area contributed by atoms with Crippen molar-refractivity contribution in [2.24, 2.45) is 5.41 Å². The van der Waals surface area contributed by atoms with Gasteiger partial charge in [-0.2, -0.15) is 0 Å². The molecule has 114 valence electrons. The number of aliphatic hydroxyl groups excluding tert-OH is 2. The van der Waals surface area contributed by atoms with Gasteiger partial charge in [0, 0.05) is 44.3 Å². The predicted octanol–water partition coefficient (Wildman–Crippen LogP) is -0.136.